The van der Waals surface area contributed by atoms with Crippen molar-refractivity contribution in [2.24, 2.45) is 5.41 Å². The van der Waals surface area contributed by atoms with E-state index in [-0.39, 0.29) is 29.1 Å². The standard InChI is InChI=1S/C28H29N3O3S/c1-28(2)13-11-19(15-28)29-17-31(30-14-12-22(32)26(33)25(30)27(29)34)24-20-8-4-3-7-18(20)16-35-23-10-6-5-9-21(23)24/h3-10,12,14,19,24,33H,11,13,15-17H2,1-2H3/t19-,24-/m0/s1. The van der Waals surface area contributed by atoms with Crippen LogP contribution < -0.4 is 10.4 Å². The van der Waals surface area contributed by atoms with Gasteiger partial charge in [0.25, 0.3) is 5.91 Å². The summed E-state index contributed by atoms with van der Waals surface area (Å²) >= 11 is 1.82. The quantitative estimate of drug-likeness (QED) is 0.558. The molecule has 0 radical (unpaired) electrons. The summed E-state index contributed by atoms with van der Waals surface area (Å²) in [5.74, 6) is 0.108. The van der Waals surface area contributed by atoms with Crippen molar-refractivity contribution in [3.05, 3.63) is 93.4 Å². The molecule has 0 unspecified atom stereocenters. The van der Waals surface area contributed by atoms with Crippen LogP contribution in [0.15, 0.2) is 70.5 Å². The minimum atomic E-state index is -0.532. The fraction of sp³-hybridized carbons (Fsp3) is 0.357. The normalized spacial score (nSPS) is 22.9. The topological polar surface area (TPSA) is 65.8 Å². The Morgan fingerprint density at radius 2 is 1.74 bits per heavy atom. The van der Waals surface area contributed by atoms with E-state index in [0.717, 1.165) is 30.6 Å². The summed E-state index contributed by atoms with van der Waals surface area (Å²) < 4.78 is 1.71. The first-order chi connectivity index (χ1) is 16.8. The second kappa shape index (κ2) is 8.19. The van der Waals surface area contributed by atoms with Crippen molar-refractivity contribution < 1.29 is 9.90 Å². The lowest BCUT2D eigenvalue weighted by Crippen LogP contribution is -2.58. The summed E-state index contributed by atoms with van der Waals surface area (Å²) in [6.07, 6.45) is 4.49. The summed E-state index contributed by atoms with van der Waals surface area (Å²) in [6, 6.07) is 18.1. The molecule has 1 aliphatic carbocycles. The van der Waals surface area contributed by atoms with E-state index in [4.69, 9.17) is 0 Å². The van der Waals surface area contributed by atoms with E-state index in [9.17, 15) is 14.7 Å². The van der Waals surface area contributed by atoms with Crippen molar-refractivity contribution in [2.45, 2.75) is 55.8 Å². The Balaban J connectivity index is 1.56. The molecule has 180 valence electrons. The minimum Gasteiger partial charge on any atom is -0.502 e. The van der Waals surface area contributed by atoms with Crippen molar-refractivity contribution >= 4 is 17.7 Å². The van der Waals surface area contributed by atoms with E-state index in [0.29, 0.717) is 6.67 Å². The highest BCUT2D eigenvalue weighted by Gasteiger charge is 2.43. The van der Waals surface area contributed by atoms with Crippen LogP contribution in [0.4, 0.5) is 0 Å². The van der Waals surface area contributed by atoms with Gasteiger partial charge in [0.2, 0.25) is 5.43 Å². The highest BCUT2D eigenvalue weighted by molar-refractivity contribution is 7.98. The van der Waals surface area contributed by atoms with E-state index < -0.39 is 11.2 Å². The van der Waals surface area contributed by atoms with Gasteiger partial charge in [-0.15, -0.1) is 11.8 Å². The van der Waals surface area contributed by atoms with Crippen LogP contribution in [0, 0.1) is 5.41 Å². The van der Waals surface area contributed by atoms with Crippen LogP contribution in [0.1, 0.15) is 66.3 Å². The Kier molecular flexibility index (Phi) is 5.22. The summed E-state index contributed by atoms with van der Waals surface area (Å²) in [5, 5.41) is 13.0. The Morgan fingerprint density at radius 3 is 2.51 bits per heavy atom. The Bertz CT molecular complexity index is 1330. The molecule has 6 nitrogen and oxygen atoms in total. The lowest BCUT2D eigenvalue weighted by Gasteiger charge is -2.46. The molecule has 3 aliphatic rings. The number of carbonyl (C=O) groups excluding carboxylic acids is 1. The molecular formula is C28H29N3O3S. The molecular weight excluding hydrogens is 458 g/mol. The van der Waals surface area contributed by atoms with Crippen molar-refractivity contribution in [1.82, 2.24) is 9.58 Å². The van der Waals surface area contributed by atoms with Gasteiger partial charge in [-0.1, -0.05) is 56.3 Å². The lowest BCUT2D eigenvalue weighted by molar-refractivity contribution is 0.0583. The van der Waals surface area contributed by atoms with E-state index >= 15 is 0 Å². The molecule has 0 spiro atoms. The molecule has 6 rings (SSSR count). The van der Waals surface area contributed by atoms with Crippen LogP contribution in [0.5, 0.6) is 5.75 Å². The number of amides is 1. The number of benzene rings is 2. The zero-order valence-electron chi connectivity index (χ0n) is 20.0. The van der Waals surface area contributed by atoms with Crippen molar-refractivity contribution in [2.75, 3.05) is 11.7 Å². The molecule has 1 N–H and O–H groups in total. The maximum Gasteiger partial charge on any atom is 0.278 e. The van der Waals surface area contributed by atoms with Crippen LogP contribution in [-0.4, -0.2) is 33.3 Å². The Labute approximate surface area is 209 Å². The SMILES string of the molecule is CC1(C)CC[C@H](N2CN([C@H]3c4ccccc4CSc4ccccc43)n3ccc(=O)c(O)c3C2=O)C1. The zero-order chi connectivity index (χ0) is 24.3. The second-order valence-electron chi connectivity index (χ2n) is 10.6. The summed E-state index contributed by atoms with van der Waals surface area (Å²) in [7, 11) is 0. The van der Waals surface area contributed by atoms with Gasteiger partial charge in [-0.25, -0.2) is 0 Å². The molecule has 0 saturated heterocycles. The van der Waals surface area contributed by atoms with Gasteiger partial charge in [-0.05, 0) is 47.4 Å². The predicted octanol–water partition coefficient (Wildman–Crippen LogP) is 4.88. The first-order valence-electron chi connectivity index (χ1n) is 12.2. The maximum atomic E-state index is 13.8. The van der Waals surface area contributed by atoms with Crippen LogP contribution in [0.25, 0.3) is 0 Å². The highest BCUT2D eigenvalue weighted by atomic mass is 32.2. The molecule has 3 aromatic rings. The molecule has 35 heavy (non-hydrogen) atoms. The molecule has 3 heterocycles. The average Bonchev–Trinajstić information content (AvgIpc) is 3.12. The molecule has 1 amide bonds. The predicted molar refractivity (Wildman–Crippen MR) is 137 cm³/mol. The van der Waals surface area contributed by atoms with E-state index in [1.807, 2.05) is 16.7 Å². The van der Waals surface area contributed by atoms with E-state index in [1.165, 1.54) is 22.1 Å². The second-order valence-corrected chi connectivity index (χ2v) is 11.6. The lowest BCUT2D eigenvalue weighted by atomic mass is 9.91. The van der Waals surface area contributed by atoms with Crippen LogP contribution in [0.3, 0.4) is 0 Å². The molecule has 1 saturated carbocycles. The first-order valence-corrected chi connectivity index (χ1v) is 13.1. The van der Waals surface area contributed by atoms with Crippen LogP contribution in [0.2, 0.25) is 0 Å². The minimum absolute atomic E-state index is 0.0559. The average molecular weight is 488 g/mol. The third-order valence-corrected chi connectivity index (χ3v) is 8.86. The van der Waals surface area contributed by atoms with Crippen LogP contribution in [-0.2, 0) is 5.75 Å². The van der Waals surface area contributed by atoms with Gasteiger partial charge in [-0.3, -0.25) is 19.3 Å². The summed E-state index contributed by atoms with van der Waals surface area (Å²) in [5.41, 5.74) is 3.26. The van der Waals surface area contributed by atoms with Crippen molar-refractivity contribution in [3.8, 4) is 5.75 Å². The monoisotopic (exact) mass is 487 g/mol. The number of thioether (sulfide) groups is 1. The third-order valence-electron chi connectivity index (χ3n) is 7.72. The maximum absolute atomic E-state index is 13.8. The fourth-order valence-electron chi connectivity index (χ4n) is 5.92. The summed E-state index contributed by atoms with van der Waals surface area (Å²) in [6.45, 7) is 4.86. The van der Waals surface area contributed by atoms with E-state index in [2.05, 4.69) is 67.4 Å². The van der Waals surface area contributed by atoms with Gasteiger partial charge >= 0.3 is 0 Å². The molecule has 2 atom stereocenters. The number of fused-ring (bicyclic) bond motifs is 3. The molecule has 0 bridgehead atoms. The molecule has 2 aliphatic heterocycles. The Morgan fingerprint density at radius 1 is 1.00 bits per heavy atom. The molecule has 1 fully saturated rings. The number of carbonyl (C=O) groups is 1. The third kappa shape index (κ3) is 3.64. The number of hydrogen-bond donors (Lipinski definition) is 1. The van der Waals surface area contributed by atoms with Gasteiger partial charge in [-0.2, -0.15) is 0 Å². The van der Waals surface area contributed by atoms with Gasteiger partial charge in [0.05, 0.1) is 6.04 Å². The van der Waals surface area contributed by atoms with Gasteiger partial charge in [0, 0.05) is 29.0 Å². The molecule has 1 aromatic heterocycles. The van der Waals surface area contributed by atoms with Crippen molar-refractivity contribution in [1.29, 1.82) is 0 Å². The van der Waals surface area contributed by atoms with Gasteiger partial charge in [0.15, 0.2) is 11.4 Å². The fourth-order valence-corrected chi connectivity index (χ4v) is 7.02. The van der Waals surface area contributed by atoms with E-state index in [1.54, 1.807) is 10.9 Å². The molecule has 7 heteroatoms. The number of pyridine rings is 1. The number of aromatic hydroxyl groups is 1. The largest absolute Gasteiger partial charge is 0.502 e. The number of aromatic nitrogens is 1. The summed E-state index contributed by atoms with van der Waals surface area (Å²) in [4.78, 5) is 29.3. The first kappa shape index (κ1) is 22.3. The number of nitrogens with zero attached hydrogens (tertiary/aromatic N) is 3. The Hall–Kier alpha value is -3.19. The van der Waals surface area contributed by atoms with Crippen LogP contribution >= 0.6 is 11.8 Å². The molecule has 2 aromatic carbocycles. The van der Waals surface area contributed by atoms with Crippen molar-refractivity contribution in [3.63, 3.8) is 0 Å². The number of hydrogen-bond acceptors (Lipinski definition) is 5. The number of rotatable bonds is 2. The van der Waals surface area contributed by atoms with Gasteiger partial charge < -0.3 is 10.0 Å². The highest BCUT2D eigenvalue weighted by Crippen LogP contribution is 2.45. The van der Waals surface area contributed by atoms with Gasteiger partial charge in [0.1, 0.15) is 6.67 Å². The zero-order valence-corrected chi connectivity index (χ0v) is 20.8. The smallest absolute Gasteiger partial charge is 0.278 e.